The summed E-state index contributed by atoms with van der Waals surface area (Å²) >= 11 is 0. The van der Waals surface area contributed by atoms with E-state index in [9.17, 15) is 17.6 Å². The van der Waals surface area contributed by atoms with Crippen LogP contribution in [0, 0.1) is 18.7 Å². The maximum Gasteiger partial charge on any atom is 0.241 e. The number of rotatable bonds is 9. The van der Waals surface area contributed by atoms with Gasteiger partial charge in [0.2, 0.25) is 15.9 Å². The zero-order valence-corrected chi connectivity index (χ0v) is 19.1. The highest BCUT2D eigenvalue weighted by Gasteiger charge is 2.26. The molecule has 3 rings (SSSR count). The Hall–Kier alpha value is -3.04. The zero-order chi connectivity index (χ0) is 23.3. The van der Waals surface area contributed by atoms with Gasteiger partial charge >= 0.3 is 0 Å². The lowest BCUT2D eigenvalue weighted by Gasteiger charge is -2.20. The number of amides is 1. The van der Waals surface area contributed by atoms with Gasteiger partial charge in [0.15, 0.2) is 0 Å². The fourth-order valence-electron chi connectivity index (χ4n) is 3.24. The van der Waals surface area contributed by atoms with Crippen LogP contribution in [0.2, 0.25) is 0 Å². The van der Waals surface area contributed by atoms with Crippen molar-refractivity contribution in [2.24, 2.45) is 5.92 Å². The lowest BCUT2D eigenvalue weighted by molar-refractivity contribution is -0.123. The molecule has 0 aliphatic rings. The van der Waals surface area contributed by atoms with E-state index >= 15 is 0 Å². The molecule has 0 radical (unpaired) electrons. The summed E-state index contributed by atoms with van der Waals surface area (Å²) in [4.78, 5) is 16.8. The van der Waals surface area contributed by atoms with Crippen molar-refractivity contribution in [3.05, 3.63) is 78.1 Å². The first kappa shape index (κ1) is 23.6. The molecule has 3 aromatic rings. The van der Waals surface area contributed by atoms with Crippen LogP contribution in [0.4, 0.5) is 4.39 Å². The molecule has 0 saturated carbocycles. The van der Waals surface area contributed by atoms with Crippen LogP contribution in [0.15, 0.2) is 66.1 Å². The van der Waals surface area contributed by atoms with Crippen LogP contribution in [0.5, 0.6) is 0 Å². The molecular formula is C23H27FN4O3S. The number of aromatic nitrogens is 2. The Morgan fingerprint density at radius 1 is 1.16 bits per heavy atom. The van der Waals surface area contributed by atoms with Gasteiger partial charge in [-0.1, -0.05) is 37.6 Å². The normalized spacial score (nSPS) is 12.7. The van der Waals surface area contributed by atoms with E-state index < -0.39 is 27.8 Å². The van der Waals surface area contributed by atoms with Gasteiger partial charge in [-0.25, -0.2) is 17.8 Å². The van der Waals surface area contributed by atoms with E-state index in [4.69, 9.17) is 0 Å². The summed E-state index contributed by atoms with van der Waals surface area (Å²) in [5, 5.41) is 2.72. The van der Waals surface area contributed by atoms with E-state index in [2.05, 4.69) is 15.0 Å². The molecule has 7 nitrogen and oxygen atoms in total. The molecule has 0 spiro atoms. The van der Waals surface area contributed by atoms with E-state index in [1.54, 1.807) is 41.2 Å². The summed E-state index contributed by atoms with van der Waals surface area (Å²) in [5.41, 5.74) is 1.84. The average molecular weight is 459 g/mol. The minimum atomic E-state index is -3.87. The predicted octanol–water partition coefficient (Wildman–Crippen LogP) is 3.33. The molecule has 2 N–H and O–H groups in total. The van der Waals surface area contributed by atoms with Gasteiger partial charge in [0, 0.05) is 18.9 Å². The lowest BCUT2D eigenvalue weighted by Crippen LogP contribution is -2.47. The maximum atomic E-state index is 14.5. The molecule has 1 aromatic heterocycles. The third-order valence-electron chi connectivity index (χ3n) is 4.91. The number of sulfonamides is 1. The lowest BCUT2D eigenvalue weighted by atomic mass is 10.0. The Labute approximate surface area is 187 Å². The number of aryl methyl sites for hydroxylation is 1. The van der Waals surface area contributed by atoms with Crippen LogP contribution in [0.3, 0.4) is 0 Å². The average Bonchev–Trinajstić information content (AvgIpc) is 3.26. The van der Waals surface area contributed by atoms with Gasteiger partial charge in [0.1, 0.15) is 11.9 Å². The molecule has 1 atom stereocenters. The standard InChI is InChI=1S/C23H27FN4O3S/c1-16(2)12-21(27-32(30,31)19-7-4-17(3)5-8-19)23(29)26-14-18-6-9-22(20(24)13-18)28-11-10-25-15-28/h4-11,13,15-16,21,27H,12,14H2,1-3H3,(H,26,29). The number of imidazole rings is 1. The molecule has 9 heteroatoms. The number of hydrogen-bond acceptors (Lipinski definition) is 4. The van der Waals surface area contributed by atoms with Gasteiger partial charge in [0.25, 0.3) is 0 Å². The topological polar surface area (TPSA) is 93.1 Å². The molecule has 1 heterocycles. The molecule has 2 aromatic carbocycles. The molecule has 0 fully saturated rings. The van der Waals surface area contributed by atoms with Crippen molar-refractivity contribution >= 4 is 15.9 Å². The Morgan fingerprint density at radius 3 is 2.47 bits per heavy atom. The first-order valence-electron chi connectivity index (χ1n) is 10.3. The Morgan fingerprint density at radius 2 is 1.88 bits per heavy atom. The highest BCUT2D eigenvalue weighted by atomic mass is 32.2. The second-order valence-electron chi connectivity index (χ2n) is 8.09. The van der Waals surface area contributed by atoms with E-state index in [0.29, 0.717) is 17.7 Å². The molecule has 0 bridgehead atoms. The summed E-state index contributed by atoms with van der Waals surface area (Å²) in [6.45, 7) is 5.75. The fraction of sp³-hybridized carbons (Fsp3) is 0.304. The zero-order valence-electron chi connectivity index (χ0n) is 18.2. The number of halogens is 1. The van der Waals surface area contributed by atoms with Crippen LogP contribution < -0.4 is 10.0 Å². The maximum absolute atomic E-state index is 14.5. The molecule has 32 heavy (non-hydrogen) atoms. The summed E-state index contributed by atoms with van der Waals surface area (Å²) in [6, 6.07) is 10.1. The SMILES string of the molecule is Cc1ccc(S(=O)(=O)NC(CC(C)C)C(=O)NCc2ccc(-n3ccnc3)c(F)c2)cc1. The summed E-state index contributed by atoms with van der Waals surface area (Å²) in [7, 11) is -3.87. The second kappa shape index (κ2) is 10.1. The van der Waals surface area contributed by atoms with E-state index in [-0.39, 0.29) is 17.4 Å². The van der Waals surface area contributed by atoms with Gasteiger partial charge in [-0.3, -0.25) is 4.79 Å². The van der Waals surface area contributed by atoms with Crippen LogP contribution in [-0.2, 0) is 21.4 Å². The van der Waals surface area contributed by atoms with Gasteiger partial charge in [-0.05, 0) is 49.1 Å². The largest absolute Gasteiger partial charge is 0.351 e. The van der Waals surface area contributed by atoms with Crippen molar-refractivity contribution in [3.63, 3.8) is 0 Å². The van der Waals surface area contributed by atoms with E-state index in [1.165, 1.54) is 24.5 Å². The van der Waals surface area contributed by atoms with E-state index in [0.717, 1.165) is 5.56 Å². The Balaban J connectivity index is 1.69. The molecule has 0 aliphatic heterocycles. The van der Waals surface area contributed by atoms with Crippen molar-refractivity contribution in [2.45, 2.75) is 44.7 Å². The molecule has 1 unspecified atom stereocenters. The third kappa shape index (κ3) is 6.02. The number of hydrogen-bond donors (Lipinski definition) is 2. The first-order valence-corrected chi connectivity index (χ1v) is 11.8. The summed E-state index contributed by atoms with van der Waals surface area (Å²) in [5.74, 6) is -0.833. The van der Waals surface area contributed by atoms with Crippen molar-refractivity contribution in [1.82, 2.24) is 19.6 Å². The highest BCUT2D eigenvalue weighted by molar-refractivity contribution is 7.89. The Bertz CT molecular complexity index is 1160. The number of carbonyl (C=O) groups excluding carboxylic acids is 1. The quantitative estimate of drug-likeness (QED) is 0.514. The fourth-order valence-corrected chi connectivity index (χ4v) is 4.44. The van der Waals surface area contributed by atoms with Gasteiger partial charge < -0.3 is 9.88 Å². The smallest absolute Gasteiger partial charge is 0.241 e. The molecule has 0 saturated heterocycles. The Kier molecular flexibility index (Phi) is 7.42. The first-order chi connectivity index (χ1) is 15.2. The molecule has 0 aliphatic carbocycles. The van der Waals surface area contributed by atoms with Gasteiger partial charge in [-0.2, -0.15) is 4.72 Å². The number of carbonyl (C=O) groups is 1. The molecule has 170 valence electrons. The summed E-state index contributed by atoms with van der Waals surface area (Å²) in [6.07, 6.45) is 5.01. The minimum Gasteiger partial charge on any atom is -0.351 e. The minimum absolute atomic E-state index is 0.0703. The monoisotopic (exact) mass is 458 g/mol. The third-order valence-corrected chi connectivity index (χ3v) is 6.40. The highest BCUT2D eigenvalue weighted by Crippen LogP contribution is 2.16. The van der Waals surface area contributed by atoms with Crippen LogP contribution in [0.25, 0.3) is 5.69 Å². The number of nitrogens with zero attached hydrogens (tertiary/aromatic N) is 2. The van der Waals surface area contributed by atoms with Crippen molar-refractivity contribution in [2.75, 3.05) is 0 Å². The summed E-state index contributed by atoms with van der Waals surface area (Å²) < 4.78 is 44.0. The van der Waals surface area contributed by atoms with Crippen LogP contribution in [0.1, 0.15) is 31.4 Å². The van der Waals surface area contributed by atoms with Crippen LogP contribution in [-0.4, -0.2) is 29.9 Å². The number of nitrogens with one attached hydrogen (secondary N) is 2. The second-order valence-corrected chi connectivity index (χ2v) is 9.80. The van der Waals surface area contributed by atoms with Crippen molar-refractivity contribution < 1.29 is 17.6 Å². The molecular weight excluding hydrogens is 431 g/mol. The van der Waals surface area contributed by atoms with Crippen molar-refractivity contribution in [1.29, 1.82) is 0 Å². The van der Waals surface area contributed by atoms with Gasteiger partial charge in [0.05, 0.1) is 16.9 Å². The van der Waals surface area contributed by atoms with Crippen LogP contribution >= 0.6 is 0 Å². The van der Waals surface area contributed by atoms with E-state index in [1.807, 2.05) is 20.8 Å². The van der Waals surface area contributed by atoms with Gasteiger partial charge in [-0.15, -0.1) is 0 Å². The number of benzene rings is 2. The van der Waals surface area contributed by atoms with Crippen molar-refractivity contribution in [3.8, 4) is 5.69 Å². The predicted molar refractivity (Wildman–Crippen MR) is 120 cm³/mol. The molecule has 1 amide bonds.